The quantitative estimate of drug-likeness (QED) is 0.792. The second-order valence-corrected chi connectivity index (χ2v) is 4.14. The molecule has 1 atom stereocenters. The van der Waals surface area contributed by atoms with Gasteiger partial charge in [-0.3, -0.25) is 9.69 Å². The minimum absolute atomic E-state index is 0.120. The van der Waals surface area contributed by atoms with Gasteiger partial charge in [-0.1, -0.05) is 0 Å². The first-order valence-corrected chi connectivity index (χ1v) is 5.42. The highest BCUT2D eigenvalue weighted by molar-refractivity contribution is 5.87. The number of carbonyl (C=O) groups is 2. The topological polar surface area (TPSA) is 96.8 Å². The van der Waals surface area contributed by atoms with Crippen molar-refractivity contribution < 1.29 is 19.1 Å². The van der Waals surface area contributed by atoms with E-state index in [2.05, 4.69) is 0 Å². The van der Waals surface area contributed by atoms with Gasteiger partial charge in [0.2, 0.25) is 5.91 Å². The summed E-state index contributed by atoms with van der Waals surface area (Å²) in [6.07, 6.45) is 2.87. The molecule has 0 bridgehead atoms. The third-order valence-electron chi connectivity index (χ3n) is 2.95. The Balaban J connectivity index is 2.04. The zero-order chi connectivity index (χ0) is 12.4. The Morgan fingerprint density at radius 2 is 2.35 bits per heavy atom. The van der Waals surface area contributed by atoms with E-state index in [4.69, 9.17) is 15.3 Å². The van der Waals surface area contributed by atoms with E-state index in [0.29, 0.717) is 12.3 Å². The van der Waals surface area contributed by atoms with Gasteiger partial charge in [-0.2, -0.15) is 0 Å². The van der Waals surface area contributed by atoms with Crippen molar-refractivity contribution in [2.75, 3.05) is 6.54 Å². The fraction of sp³-hybridized carbons (Fsp3) is 0.455. The molecule has 1 aromatic rings. The van der Waals surface area contributed by atoms with E-state index >= 15 is 0 Å². The fourth-order valence-corrected chi connectivity index (χ4v) is 2.11. The van der Waals surface area contributed by atoms with Crippen molar-refractivity contribution in [3.63, 3.8) is 0 Å². The van der Waals surface area contributed by atoms with Gasteiger partial charge in [0, 0.05) is 0 Å². The Bertz CT molecular complexity index is 440. The van der Waals surface area contributed by atoms with Crippen LogP contribution in [0.25, 0.3) is 0 Å². The Kier molecular flexibility index (Phi) is 3.14. The van der Waals surface area contributed by atoms with Crippen molar-refractivity contribution >= 4 is 11.9 Å². The maximum Gasteiger partial charge on any atom is 0.338 e. The number of rotatable bonds is 4. The number of aromatic carboxylic acids is 1. The predicted octanol–water partition coefficient (Wildman–Crippen LogP) is 0.427. The number of likely N-dealkylation sites (tertiary alicyclic amines) is 1. The standard InChI is InChI=1S/C11H14N2O4/c12-10(14)9-2-1-3-13(9)5-8-4-7(6-17-8)11(15)16/h4,6,9H,1-3,5H2,(H2,12,14)(H,15,16). The van der Waals surface area contributed by atoms with E-state index in [0.717, 1.165) is 19.4 Å². The highest BCUT2D eigenvalue weighted by Crippen LogP contribution is 2.20. The third-order valence-corrected chi connectivity index (χ3v) is 2.95. The Morgan fingerprint density at radius 1 is 1.59 bits per heavy atom. The summed E-state index contributed by atoms with van der Waals surface area (Å²) >= 11 is 0. The maximum atomic E-state index is 11.2. The fourth-order valence-electron chi connectivity index (χ4n) is 2.11. The number of nitrogens with zero attached hydrogens (tertiary/aromatic N) is 1. The summed E-state index contributed by atoms with van der Waals surface area (Å²) in [6.45, 7) is 1.19. The number of carboxylic acids is 1. The normalized spacial score (nSPS) is 20.6. The molecule has 0 radical (unpaired) electrons. The number of carboxylic acid groups (broad SMARTS) is 1. The molecule has 92 valence electrons. The molecule has 1 unspecified atom stereocenters. The molecule has 1 aliphatic heterocycles. The minimum Gasteiger partial charge on any atom is -0.478 e. The number of hydrogen-bond donors (Lipinski definition) is 2. The second kappa shape index (κ2) is 4.58. The van der Waals surface area contributed by atoms with E-state index in [1.54, 1.807) is 0 Å². The van der Waals surface area contributed by atoms with Crippen LogP contribution in [0.1, 0.15) is 29.0 Å². The molecule has 0 aliphatic carbocycles. The molecule has 0 aromatic carbocycles. The summed E-state index contributed by atoms with van der Waals surface area (Å²) < 4.78 is 5.14. The van der Waals surface area contributed by atoms with Crippen LogP contribution in [-0.2, 0) is 11.3 Å². The number of nitrogens with two attached hydrogens (primary N) is 1. The molecule has 1 amide bonds. The van der Waals surface area contributed by atoms with Crippen molar-refractivity contribution in [1.29, 1.82) is 0 Å². The van der Waals surface area contributed by atoms with E-state index < -0.39 is 5.97 Å². The number of carbonyl (C=O) groups excluding carboxylic acids is 1. The zero-order valence-corrected chi connectivity index (χ0v) is 9.26. The Morgan fingerprint density at radius 3 is 2.94 bits per heavy atom. The van der Waals surface area contributed by atoms with Crippen LogP contribution in [-0.4, -0.2) is 34.5 Å². The van der Waals surface area contributed by atoms with Crippen molar-refractivity contribution in [2.24, 2.45) is 5.73 Å². The summed E-state index contributed by atoms with van der Waals surface area (Å²) in [5.74, 6) is -0.823. The van der Waals surface area contributed by atoms with Crippen LogP contribution >= 0.6 is 0 Å². The maximum absolute atomic E-state index is 11.2. The van der Waals surface area contributed by atoms with E-state index in [1.807, 2.05) is 4.90 Å². The van der Waals surface area contributed by atoms with Crippen LogP contribution in [0.2, 0.25) is 0 Å². The average Bonchev–Trinajstić information content (AvgIpc) is 2.86. The molecule has 0 saturated carbocycles. The van der Waals surface area contributed by atoms with Gasteiger partial charge in [0.1, 0.15) is 12.0 Å². The van der Waals surface area contributed by atoms with Gasteiger partial charge in [0.15, 0.2) is 0 Å². The van der Waals surface area contributed by atoms with Crippen LogP contribution in [0, 0.1) is 0 Å². The first-order valence-electron chi connectivity index (χ1n) is 5.42. The van der Waals surface area contributed by atoms with Crippen molar-refractivity contribution in [2.45, 2.75) is 25.4 Å². The molecule has 1 aliphatic rings. The van der Waals surface area contributed by atoms with Crippen molar-refractivity contribution in [1.82, 2.24) is 4.90 Å². The van der Waals surface area contributed by atoms with Gasteiger partial charge in [0.25, 0.3) is 0 Å². The van der Waals surface area contributed by atoms with Crippen LogP contribution in [0.15, 0.2) is 16.7 Å². The number of amides is 1. The van der Waals surface area contributed by atoms with Crippen LogP contribution in [0.5, 0.6) is 0 Å². The second-order valence-electron chi connectivity index (χ2n) is 4.14. The highest BCUT2D eigenvalue weighted by Gasteiger charge is 2.29. The molecule has 1 saturated heterocycles. The first-order chi connectivity index (χ1) is 8.08. The van der Waals surface area contributed by atoms with E-state index in [1.165, 1.54) is 12.3 Å². The van der Waals surface area contributed by atoms with Crippen LogP contribution in [0.4, 0.5) is 0 Å². The molecule has 2 rings (SSSR count). The molecule has 2 heterocycles. The SMILES string of the molecule is NC(=O)C1CCCN1Cc1cc(C(=O)O)co1. The van der Waals surface area contributed by atoms with Gasteiger partial charge in [-0.25, -0.2) is 4.79 Å². The van der Waals surface area contributed by atoms with Crippen molar-refractivity contribution in [3.05, 3.63) is 23.7 Å². The predicted molar refractivity (Wildman–Crippen MR) is 58.3 cm³/mol. The molecular weight excluding hydrogens is 224 g/mol. The monoisotopic (exact) mass is 238 g/mol. The lowest BCUT2D eigenvalue weighted by molar-refractivity contribution is -0.122. The molecule has 6 heteroatoms. The van der Waals surface area contributed by atoms with Gasteiger partial charge >= 0.3 is 5.97 Å². The largest absolute Gasteiger partial charge is 0.478 e. The number of hydrogen-bond acceptors (Lipinski definition) is 4. The molecule has 1 aromatic heterocycles. The molecule has 1 fully saturated rings. The van der Waals surface area contributed by atoms with Gasteiger partial charge in [-0.15, -0.1) is 0 Å². The molecule has 17 heavy (non-hydrogen) atoms. The summed E-state index contributed by atoms with van der Waals surface area (Å²) in [4.78, 5) is 23.8. The Labute approximate surface area is 98.0 Å². The third kappa shape index (κ3) is 2.47. The smallest absolute Gasteiger partial charge is 0.338 e. The summed E-state index contributed by atoms with van der Waals surface area (Å²) in [7, 11) is 0. The number of primary amides is 1. The average molecular weight is 238 g/mol. The zero-order valence-electron chi connectivity index (χ0n) is 9.26. The lowest BCUT2D eigenvalue weighted by Crippen LogP contribution is -2.39. The lowest BCUT2D eigenvalue weighted by Gasteiger charge is -2.20. The summed E-state index contributed by atoms with van der Waals surface area (Å²) in [5, 5.41) is 8.75. The van der Waals surface area contributed by atoms with Crippen LogP contribution < -0.4 is 5.73 Å². The molecular formula is C11H14N2O4. The lowest BCUT2D eigenvalue weighted by atomic mass is 10.2. The van der Waals surface area contributed by atoms with Crippen molar-refractivity contribution in [3.8, 4) is 0 Å². The summed E-state index contributed by atoms with van der Waals surface area (Å²) in [5.41, 5.74) is 5.41. The van der Waals surface area contributed by atoms with Gasteiger partial charge < -0.3 is 15.3 Å². The highest BCUT2D eigenvalue weighted by atomic mass is 16.4. The molecule has 6 nitrogen and oxygen atoms in total. The molecule has 3 N–H and O–H groups in total. The first kappa shape index (κ1) is 11.7. The van der Waals surface area contributed by atoms with Crippen LogP contribution in [0.3, 0.4) is 0 Å². The number of furan rings is 1. The van der Waals surface area contributed by atoms with E-state index in [-0.39, 0.29) is 17.5 Å². The van der Waals surface area contributed by atoms with E-state index in [9.17, 15) is 9.59 Å². The summed E-state index contributed by atoms with van der Waals surface area (Å²) in [6, 6.07) is 1.20. The Hall–Kier alpha value is -1.82. The van der Waals surface area contributed by atoms with Gasteiger partial charge in [-0.05, 0) is 25.5 Å². The molecule has 0 spiro atoms. The minimum atomic E-state index is -1.02. The van der Waals surface area contributed by atoms with Gasteiger partial charge in [0.05, 0.1) is 18.2 Å².